The van der Waals surface area contributed by atoms with Crippen LogP contribution in [-0.4, -0.2) is 41.7 Å². The molecular weight excluding hydrogens is 233 g/mol. The topological polar surface area (TPSA) is 92.7 Å². The average Bonchev–Trinajstić information content (AvgIpc) is 2.89. The molecule has 9 heteroatoms. The molecule has 0 spiro atoms. The fourth-order valence-corrected chi connectivity index (χ4v) is 3.70. The molecule has 0 N–H and O–H groups in total. The molecule has 1 saturated heterocycles. The highest BCUT2D eigenvalue weighted by atomic mass is 31.2. The summed E-state index contributed by atoms with van der Waals surface area (Å²) in [4.78, 5) is 14.4. The summed E-state index contributed by atoms with van der Waals surface area (Å²) in [6.07, 6.45) is 3.17. The lowest BCUT2D eigenvalue weighted by Crippen LogP contribution is -2.36. The number of hydrogen-bond donors (Lipinski definition) is 0. The Bertz CT molecular complexity index is 329. The standard InChI is InChI=1S/C7H12N5O3P/c1-15-16(11-4-2-3-5-11)7(12(13)14)8-6-9-10-7/h6H,2-5H2,1H3. The maximum atomic E-state index is 11.1. The maximum absolute atomic E-state index is 11.1. The van der Waals surface area contributed by atoms with Crippen LogP contribution in [0.15, 0.2) is 15.2 Å². The summed E-state index contributed by atoms with van der Waals surface area (Å²) in [7, 11) is -0.0515. The lowest BCUT2D eigenvalue weighted by Gasteiger charge is -2.28. The van der Waals surface area contributed by atoms with E-state index in [1.165, 1.54) is 7.11 Å². The molecule has 2 rings (SSSR count). The van der Waals surface area contributed by atoms with Crippen molar-refractivity contribution in [2.24, 2.45) is 15.2 Å². The molecule has 0 aromatic heterocycles. The highest BCUT2D eigenvalue weighted by molar-refractivity contribution is 7.51. The number of hydrogen-bond acceptors (Lipinski definition) is 7. The van der Waals surface area contributed by atoms with Crippen LogP contribution in [0.5, 0.6) is 0 Å². The Morgan fingerprint density at radius 1 is 1.56 bits per heavy atom. The van der Waals surface area contributed by atoms with Crippen LogP contribution in [-0.2, 0) is 4.52 Å². The van der Waals surface area contributed by atoms with Gasteiger partial charge in [0.1, 0.15) is 6.34 Å². The first-order valence-electron chi connectivity index (χ1n) is 4.90. The monoisotopic (exact) mass is 245 g/mol. The van der Waals surface area contributed by atoms with Gasteiger partial charge in [0, 0.05) is 20.2 Å². The van der Waals surface area contributed by atoms with Crippen LogP contribution in [0.1, 0.15) is 12.8 Å². The van der Waals surface area contributed by atoms with Crippen molar-refractivity contribution in [1.82, 2.24) is 4.67 Å². The Hall–Kier alpha value is -0.980. The van der Waals surface area contributed by atoms with Crippen molar-refractivity contribution in [3.63, 3.8) is 0 Å². The van der Waals surface area contributed by atoms with E-state index in [2.05, 4.69) is 15.2 Å². The van der Waals surface area contributed by atoms with E-state index in [4.69, 9.17) is 4.52 Å². The van der Waals surface area contributed by atoms with Crippen molar-refractivity contribution < 1.29 is 9.45 Å². The van der Waals surface area contributed by atoms with Gasteiger partial charge in [0.15, 0.2) is 0 Å². The SMILES string of the molecule is COP(N1CCCC1)C1([N+](=O)[O-])N=CN=N1. The summed E-state index contributed by atoms with van der Waals surface area (Å²) in [6, 6.07) is 0. The van der Waals surface area contributed by atoms with E-state index >= 15 is 0 Å². The fourth-order valence-electron chi connectivity index (χ4n) is 1.78. The molecular formula is C7H12N5O3P. The van der Waals surface area contributed by atoms with Crippen molar-refractivity contribution in [1.29, 1.82) is 0 Å². The lowest BCUT2D eigenvalue weighted by atomic mass is 10.4. The predicted octanol–water partition coefficient (Wildman–Crippen LogP) is 1.42. The van der Waals surface area contributed by atoms with Crippen LogP contribution in [0.25, 0.3) is 0 Å². The predicted molar refractivity (Wildman–Crippen MR) is 57.8 cm³/mol. The second-order valence-corrected chi connectivity index (χ2v) is 5.51. The highest BCUT2D eigenvalue weighted by Gasteiger charge is 2.58. The van der Waals surface area contributed by atoms with E-state index in [9.17, 15) is 10.1 Å². The van der Waals surface area contributed by atoms with E-state index < -0.39 is 18.8 Å². The second-order valence-electron chi connectivity index (χ2n) is 3.43. The van der Waals surface area contributed by atoms with Crippen LogP contribution in [0.2, 0.25) is 0 Å². The molecule has 16 heavy (non-hydrogen) atoms. The Balaban J connectivity index is 2.27. The van der Waals surface area contributed by atoms with E-state index in [1.807, 2.05) is 4.67 Å². The second kappa shape index (κ2) is 4.48. The molecule has 0 amide bonds. The van der Waals surface area contributed by atoms with Gasteiger partial charge in [-0.05, 0) is 12.8 Å². The molecule has 88 valence electrons. The quantitative estimate of drug-likeness (QED) is 0.425. The third-order valence-corrected chi connectivity index (χ3v) is 4.63. The molecule has 2 atom stereocenters. The molecule has 0 saturated carbocycles. The molecule has 8 nitrogen and oxygen atoms in total. The molecule has 0 aromatic rings. The minimum atomic E-state index is -1.76. The Morgan fingerprint density at radius 2 is 2.25 bits per heavy atom. The summed E-state index contributed by atoms with van der Waals surface area (Å²) in [5.41, 5.74) is -1.76. The van der Waals surface area contributed by atoms with E-state index in [0.29, 0.717) is 0 Å². The van der Waals surface area contributed by atoms with E-state index in [-0.39, 0.29) is 0 Å². The van der Waals surface area contributed by atoms with Gasteiger partial charge < -0.3 is 4.52 Å². The van der Waals surface area contributed by atoms with Crippen LogP contribution in [0.3, 0.4) is 0 Å². The summed E-state index contributed by atoms with van der Waals surface area (Å²) in [5, 5.41) is 18.3. The molecule has 2 unspecified atom stereocenters. The Labute approximate surface area is 93.4 Å². The van der Waals surface area contributed by atoms with Gasteiger partial charge in [0.2, 0.25) is 8.30 Å². The number of rotatable bonds is 4. The zero-order chi connectivity index (χ0) is 11.6. The number of nitrogens with zero attached hydrogens (tertiary/aromatic N) is 5. The van der Waals surface area contributed by atoms with Crippen molar-refractivity contribution in [3.8, 4) is 0 Å². The van der Waals surface area contributed by atoms with Crippen LogP contribution < -0.4 is 0 Å². The average molecular weight is 245 g/mol. The van der Waals surface area contributed by atoms with Gasteiger partial charge in [0.25, 0.3) is 0 Å². The van der Waals surface area contributed by atoms with E-state index in [0.717, 1.165) is 32.3 Å². The maximum Gasteiger partial charge on any atom is 0.483 e. The Morgan fingerprint density at radius 3 is 2.69 bits per heavy atom. The fraction of sp³-hybridized carbons (Fsp3) is 0.857. The van der Waals surface area contributed by atoms with Gasteiger partial charge in [-0.25, -0.2) is 0 Å². The molecule has 0 aromatic carbocycles. The zero-order valence-electron chi connectivity index (χ0n) is 8.81. The van der Waals surface area contributed by atoms with Gasteiger partial charge in [-0.2, -0.15) is 4.99 Å². The largest absolute Gasteiger partial charge is 0.483 e. The lowest BCUT2D eigenvalue weighted by molar-refractivity contribution is -0.538. The Kier molecular flexibility index (Phi) is 3.22. The summed E-state index contributed by atoms with van der Waals surface area (Å²) in [6.45, 7) is 1.58. The third kappa shape index (κ3) is 1.73. The van der Waals surface area contributed by atoms with Gasteiger partial charge in [-0.15, -0.1) is 5.11 Å². The molecule has 0 bridgehead atoms. The first kappa shape index (κ1) is 11.5. The first-order valence-corrected chi connectivity index (χ1v) is 6.11. The van der Waals surface area contributed by atoms with Gasteiger partial charge in [-0.1, -0.05) is 5.11 Å². The summed E-state index contributed by atoms with van der Waals surface area (Å²) >= 11 is 0. The third-order valence-electron chi connectivity index (χ3n) is 2.49. The molecule has 2 aliphatic heterocycles. The molecule has 2 heterocycles. The van der Waals surface area contributed by atoms with Crippen molar-refractivity contribution in [3.05, 3.63) is 10.1 Å². The van der Waals surface area contributed by atoms with E-state index in [1.54, 1.807) is 0 Å². The van der Waals surface area contributed by atoms with Crippen LogP contribution in [0.4, 0.5) is 0 Å². The normalized spacial score (nSPS) is 31.1. The molecule has 1 fully saturated rings. The number of aliphatic imine (C=N–C) groups is 1. The zero-order valence-corrected chi connectivity index (χ0v) is 9.71. The van der Waals surface area contributed by atoms with Crippen molar-refractivity contribution >= 4 is 14.6 Å². The first-order chi connectivity index (χ1) is 7.70. The molecule has 0 radical (unpaired) electrons. The van der Waals surface area contributed by atoms with Crippen LogP contribution >= 0.6 is 8.30 Å². The summed E-state index contributed by atoms with van der Waals surface area (Å²) < 4.78 is 7.21. The summed E-state index contributed by atoms with van der Waals surface area (Å²) in [5.74, 6) is 0. The van der Waals surface area contributed by atoms with Gasteiger partial charge >= 0.3 is 5.53 Å². The smallest absolute Gasteiger partial charge is 0.338 e. The number of nitro groups is 1. The van der Waals surface area contributed by atoms with Crippen LogP contribution in [0, 0.1) is 10.1 Å². The molecule has 0 aliphatic carbocycles. The van der Waals surface area contributed by atoms with Crippen molar-refractivity contribution in [2.45, 2.75) is 18.4 Å². The highest BCUT2D eigenvalue weighted by Crippen LogP contribution is 2.57. The minimum absolute atomic E-state index is 0.520. The van der Waals surface area contributed by atoms with Gasteiger partial charge in [-0.3, -0.25) is 14.8 Å². The minimum Gasteiger partial charge on any atom is -0.338 e. The molecule has 2 aliphatic rings. The number of azo groups is 1. The van der Waals surface area contributed by atoms with Crippen molar-refractivity contribution in [2.75, 3.05) is 20.2 Å². The van der Waals surface area contributed by atoms with Gasteiger partial charge in [0.05, 0.1) is 4.92 Å².